The summed E-state index contributed by atoms with van der Waals surface area (Å²) in [5.74, 6) is -1.04. The fourth-order valence-corrected chi connectivity index (χ4v) is 2.24. The molecule has 0 aromatic heterocycles. The maximum Gasteiger partial charge on any atom is 0.328 e. The number of nitro groups is 1. The van der Waals surface area contributed by atoms with Gasteiger partial charge in [-0.3, -0.25) is 10.1 Å². The van der Waals surface area contributed by atoms with E-state index in [1.54, 1.807) is 24.0 Å². The summed E-state index contributed by atoms with van der Waals surface area (Å²) in [5.41, 5.74) is 0.971. The van der Waals surface area contributed by atoms with E-state index in [0.717, 1.165) is 0 Å². The van der Waals surface area contributed by atoms with Crippen LogP contribution in [0.4, 0.5) is 11.4 Å². The molecule has 1 saturated heterocycles. The van der Waals surface area contributed by atoms with E-state index in [-0.39, 0.29) is 12.3 Å². The Morgan fingerprint density at radius 2 is 2.32 bits per heavy atom. The van der Waals surface area contributed by atoms with E-state index in [4.69, 9.17) is 4.74 Å². The highest BCUT2D eigenvalue weighted by Gasteiger charge is 2.34. The standard InChI is InChI=1S/C12H14N2O5/c1-8-3-2-4-9(14(17)18)11(8)13-5-6-19-7-10(13)12(15)16/h2-4,10H,5-7H2,1H3,(H,15,16). The third-order valence-electron chi connectivity index (χ3n) is 3.11. The summed E-state index contributed by atoms with van der Waals surface area (Å²) in [6, 6.07) is 3.81. The van der Waals surface area contributed by atoms with Gasteiger partial charge in [0, 0.05) is 12.6 Å². The molecule has 7 heteroatoms. The number of nitro benzene ring substituents is 1. The topological polar surface area (TPSA) is 92.9 Å². The van der Waals surface area contributed by atoms with Gasteiger partial charge in [0.1, 0.15) is 5.69 Å². The SMILES string of the molecule is Cc1cccc([N+](=O)[O-])c1N1CCOCC1C(=O)O. The molecule has 1 aliphatic heterocycles. The number of carbonyl (C=O) groups is 1. The van der Waals surface area contributed by atoms with Gasteiger partial charge < -0.3 is 14.7 Å². The fourth-order valence-electron chi connectivity index (χ4n) is 2.24. The first-order valence-corrected chi connectivity index (χ1v) is 5.83. The van der Waals surface area contributed by atoms with E-state index in [9.17, 15) is 20.0 Å². The van der Waals surface area contributed by atoms with Crippen LogP contribution >= 0.6 is 0 Å². The lowest BCUT2D eigenvalue weighted by atomic mass is 10.1. The van der Waals surface area contributed by atoms with Gasteiger partial charge in [-0.15, -0.1) is 0 Å². The molecule has 1 aromatic carbocycles. The first kappa shape index (κ1) is 13.3. The Labute approximate surface area is 109 Å². The molecule has 0 radical (unpaired) electrons. The number of aliphatic carboxylic acids is 1. The molecule has 0 bridgehead atoms. The number of aryl methyl sites for hydroxylation is 1. The smallest absolute Gasteiger partial charge is 0.328 e. The molecule has 0 amide bonds. The molecule has 0 aliphatic carbocycles. The van der Waals surface area contributed by atoms with Crippen molar-refractivity contribution >= 4 is 17.3 Å². The van der Waals surface area contributed by atoms with Crippen molar-refractivity contribution in [3.63, 3.8) is 0 Å². The molecule has 1 atom stereocenters. The minimum Gasteiger partial charge on any atom is -0.480 e. The highest BCUT2D eigenvalue weighted by molar-refractivity contribution is 5.81. The number of hydrogen-bond donors (Lipinski definition) is 1. The van der Waals surface area contributed by atoms with Gasteiger partial charge in [-0.25, -0.2) is 4.79 Å². The Hall–Kier alpha value is -2.15. The molecule has 19 heavy (non-hydrogen) atoms. The van der Waals surface area contributed by atoms with Gasteiger partial charge in [0.25, 0.3) is 5.69 Å². The maximum absolute atomic E-state index is 11.2. The number of carboxylic acid groups (broad SMARTS) is 1. The van der Waals surface area contributed by atoms with Gasteiger partial charge in [0.15, 0.2) is 6.04 Å². The Morgan fingerprint density at radius 3 is 2.95 bits per heavy atom. The van der Waals surface area contributed by atoms with Crippen LogP contribution in [-0.2, 0) is 9.53 Å². The van der Waals surface area contributed by atoms with Crippen LogP contribution in [0.15, 0.2) is 18.2 Å². The van der Waals surface area contributed by atoms with Crippen molar-refractivity contribution in [1.29, 1.82) is 0 Å². The van der Waals surface area contributed by atoms with Crippen molar-refractivity contribution in [2.75, 3.05) is 24.7 Å². The van der Waals surface area contributed by atoms with Gasteiger partial charge in [0.05, 0.1) is 18.1 Å². The molecule has 1 aromatic rings. The number of rotatable bonds is 3. The highest BCUT2D eigenvalue weighted by Crippen LogP contribution is 2.33. The third kappa shape index (κ3) is 2.50. The molecule has 1 fully saturated rings. The van der Waals surface area contributed by atoms with Crippen LogP contribution < -0.4 is 4.90 Å². The molecule has 0 saturated carbocycles. The van der Waals surface area contributed by atoms with Crippen LogP contribution in [0.1, 0.15) is 5.56 Å². The molecule has 1 heterocycles. The normalized spacial score (nSPS) is 19.2. The predicted octanol–water partition coefficient (Wildman–Crippen LogP) is 1.19. The van der Waals surface area contributed by atoms with Gasteiger partial charge in [-0.2, -0.15) is 0 Å². The van der Waals surface area contributed by atoms with Crippen molar-refractivity contribution in [3.8, 4) is 0 Å². The minimum absolute atomic E-state index is 0.0286. The minimum atomic E-state index is -1.04. The van der Waals surface area contributed by atoms with E-state index >= 15 is 0 Å². The van der Waals surface area contributed by atoms with Crippen LogP contribution in [-0.4, -0.2) is 41.8 Å². The van der Waals surface area contributed by atoms with E-state index in [2.05, 4.69) is 0 Å². The Balaban J connectivity index is 2.49. The van der Waals surface area contributed by atoms with Crippen LogP contribution in [0.5, 0.6) is 0 Å². The third-order valence-corrected chi connectivity index (χ3v) is 3.11. The van der Waals surface area contributed by atoms with Crippen molar-refractivity contribution in [2.24, 2.45) is 0 Å². The molecule has 0 spiro atoms. The van der Waals surface area contributed by atoms with Gasteiger partial charge in [-0.1, -0.05) is 12.1 Å². The van der Waals surface area contributed by atoms with Crippen LogP contribution in [0, 0.1) is 17.0 Å². The first-order chi connectivity index (χ1) is 9.02. The summed E-state index contributed by atoms with van der Waals surface area (Å²) in [7, 11) is 0. The second-order valence-corrected chi connectivity index (χ2v) is 4.32. The summed E-state index contributed by atoms with van der Waals surface area (Å²) < 4.78 is 5.14. The van der Waals surface area contributed by atoms with Crippen molar-refractivity contribution in [2.45, 2.75) is 13.0 Å². The molecule has 1 unspecified atom stereocenters. The predicted molar refractivity (Wildman–Crippen MR) is 67.4 cm³/mol. The lowest BCUT2D eigenvalue weighted by Gasteiger charge is -2.35. The Kier molecular flexibility index (Phi) is 3.66. The lowest BCUT2D eigenvalue weighted by molar-refractivity contribution is -0.384. The number of para-hydroxylation sites is 1. The Bertz CT molecular complexity index is 517. The summed E-state index contributed by atoms with van der Waals surface area (Å²) in [6.45, 7) is 2.44. The van der Waals surface area contributed by atoms with Gasteiger partial charge in [-0.05, 0) is 12.5 Å². The number of benzene rings is 1. The monoisotopic (exact) mass is 266 g/mol. The summed E-state index contributed by atoms with van der Waals surface area (Å²) in [4.78, 5) is 23.4. The number of morpholine rings is 1. The zero-order valence-electron chi connectivity index (χ0n) is 10.4. The zero-order chi connectivity index (χ0) is 14.0. The second-order valence-electron chi connectivity index (χ2n) is 4.32. The Morgan fingerprint density at radius 1 is 1.58 bits per heavy atom. The maximum atomic E-state index is 11.2. The largest absolute Gasteiger partial charge is 0.480 e. The average Bonchev–Trinajstić information content (AvgIpc) is 2.38. The number of hydrogen-bond acceptors (Lipinski definition) is 5. The van der Waals surface area contributed by atoms with Crippen LogP contribution in [0.2, 0.25) is 0 Å². The zero-order valence-corrected chi connectivity index (χ0v) is 10.4. The van der Waals surface area contributed by atoms with Crippen molar-refractivity contribution < 1.29 is 19.6 Å². The summed E-state index contributed by atoms with van der Waals surface area (Å²) in [6.07, 6.45) is 0. The van der Waals surface area contributed by atoms with Crippen LogP contribution in [0.25, 0.3) is 0 Å². The van der Waals surface area contributed by atoms with Crippen molar-refractivity contribution in [1.82, 2.24) is 0 Å². The number of nitrogens with zero attached hydrogens (tertiary/aromatic N) is 2. The molecule has 2 rings (SSSR count). The molecule has 102 valence electrons. The highest BCUT2D eigenvalue weighted by atomic mass is 16.6. The van der Waals surface area contributed by atoms with E-state index in [1.165, 1.54) is 6.07 Å². The van der Waals surface area contributed by atoms with Gasteiger partial charge in [0.2, 0.25) is 0 Å². The summed E-state index contributed by atoms with van der Waals surface area (Å²) in [5, 5.41) is 20.3. The van der Waals surface area contributed by atoms with Gasteiger partial charge >= 0.3 is 5.97 Å². The molecule has 1 N–H and O–H groups in total. The quantitative estimate of drug-likeness (QED) is 0.652. The molecule has 7 nitrogen and oxygen atoms in total. The van der Waals surface area contributed by atoms with Crippen LogP contribution in [0.3, 0.4) is 0 Å². The van der Waals surface area contributed by atoms with Crippen molar-refractivity contribution in [3.05, 3.63) is 33.9 Å². The number of carboxylic acids is 1. The number of ether oxygens (including phenoxy) is 1. The lowest BCUT2D eigenvalue weighted by Crippen LogP contribution is -2.50. The average molecular weight is 266 g/mol. The van der Waals surface area contributed by atoms with E-state index in [1.807, 2.05) is 0 Å². The second kappa shape index (κ2) is 5.23. The number of anilines is 1. The molecular formula is C12H14N2O5. The van der Waals surface area contributed by atoms with E-state index in [0.29, 0.717) is 24.4 Å². The molecule has 1 aliphatic rings. The van der Waals surface area contributed by atoms with E-state index < -0.39 is 16.9 Å². The summed E-state index contributed by atoms with van der Waals surface area (Å²) >= 11 is 0. The first-order valence-electron chi connectivity index (χ1n) is 5.83. The molecular weight excluding hydrogens is 252 g/mol. The fraction of sp³-hybridized carbons (Fsp3) is 0.417.